The lowest BCUT2D eigenvalue weighted by atomic mass is 10.1. The van der Waals surface area contributed by atoms with Crippen LogP contribution in [0.4, 0.5) is 10.5 Å². The number of anilines is 1. The van der Waals surface area contributed by atoms with Gasteiger partial charge in [-0.2, -0.15) is 5.10 Å². The van der Waals surface area contributed by atoms with Crippen LogP contribution in [0.15, 0.2) is 24.3 Å². The number of hydrogen-bond acceptors (Lipinski definition) is 3. The maximum absolute atomic E-state index is 12.2. The fraction of sp³-hybridized carbons (Fsp3) is 0.389. The van der Waals surface area contributed by atoms with E-state index in [0.717, 1.165) is 17.0 Å². The van der Waals surface area contributed by atoms with Crippen LogP contribution < -0.4 is 16.0 Å². The van der Waals surface area contributed by atoms with Gasteiger partial charge in [0.2, 0.25) is 0 Å². The van der Waals surface area contributed by atoms with Gasteiger partial charge in [-0.15, -0.1) is 0 Å². The first-order valence-corrected chi connectivity index (χ1v) is 8.20. The topological polar surface area (TPSA) is 88.1 Å². The van der Waals surface area contributed by atoms with E-state index < -0.39 is 0 Å². The second kappa shape index (κ2) is 7.83. The Bertz CT molecular complexity index is 782. The van der Waals surface area contributed by atoms with Gasteiger partial charge in [0.05, 0.1) is 5.69 Å². The molecule has 0 spiro atoms. The number of aromatic nitrogens is 2. The summed E-state index contributed by atoms with van der Waals surface area (Å²) in [7, 11) is 3.48. The minimum absolute atomic E-state index is 0.0521. The Balaban J connectivity index is 1.97. The zero-order chi connectivity index (χ0) is 18.6. The molecule has 1 aromatic heterocycles. The average Bonchev–Trinajstić information content (AvgIpc) is 2.80. The highest BCUT2D eigenvalue weighted by Gasteiger charge is 2.15. The third-order valence-corrected chi connectivity index (χ3v) is 4.16. The van der Waals surface area contributed by atoms with E-state index in [0.29, 0.717) is 17.7 Å². The van der Waals surface area contributed by atoms with Gasteiger partial charge >= 0.3 is 6.03 Å². The highest BCUT2D eigenvalue weighted by atomic mass is 16.2. The van der Waals surface area contributed by atoms with Crippen molar-refractivity contribution in [3.63, 3.8) is 0 Å². The van der Waals surface area contributed by atoms with E-state index in [1.807, 2.05) is 32.5 Å². The lowest BCUT2D eigenvalue weighted by Gasteiger charge is -2.15. The quantitative estimate of drug-likeness (QED) is 0.777. The molecule has 134 valence electrons. The van der Waals surface area contributed by atoms with Gasteiger partial charge in [0.1, 0.15) is 0 Å². The Hall–Kier alpha value is -2.83. The van der Waals surface area contributed by atoms with E-state index in [1.54, 1.807) is 31.3 Å². The Morgan fingerprint density at radius 1 is 1.28 bits per heavy atom. The standard InChI is InChI=1S/C18H25N5O2/c1-11(9-16-12(2)22-23(5)13(16)3)20-18(25)21-15-8-6-7-14(10-15)17(24)19-4/h6-8,10-11H,9H2,1-5H3,(H,19,24)(H2,20,21,25)/t11-/m1/s1. The molecule has 7 heteroatoms. The molecule has 0 saturated carbocycles. The molecule has 0 aliphatic carbocycles. The van der Waals surface area contributed by atoms with Crippen LogP contribution in [0, 0.1) is 13.8 Å². The van der Waals surface area contributed by atoms with Crippen LogP contribution in [-0.2, 0) is 13.5 Å². The number of carbonyl (C=O) groups is 2. The number of nitrogens with zero attached hydrogens (tertiary/aromatic N) is 2. The zero-order valence-corrected chi connectivity index (χ0v) is 15.3. The SMILES string of the molecule is CNC(=O)c1cccc(NC(=O)N[C@H](C)Cc2c(C)nn(C)c2C)c1. The fourth-order valence-electron chi connectivity index (χ4n) is 2.74. The number of carbonyl (C=O) groups excluding carboxylic acids is 2. The number of rotatable bonds is 5. The summed E-state index contributed by atoms with van der Waals surface area (Å²) in [5.74, 6) is -0.194. The first kappa shape index (κ1) is 18.5. The van der Waals surface area contributed by atoms with Crippen molar-refractivity contribution in [3.05, 3.63) is 46.8 Å². The van der Waals surface area contributed by atoms with Crippen LogP contribution in [0.3, 0.4) is 0 Å². The van der Waals surface area contributed by atoms with Gasteiger partial charge in [-0.05, 0) is 51.0 Å². The molecule has 2 aromatic rings. The molecule has 0 radical (unpaired) electrons. The minimum atomic E-state index is -0.305. The number of amides is 3. The maximum Gasteiger partial charge on any atom is 0.319 e. The Labute approximate surface area is 147 Å². The highest BCUT2D eigenvalue weighted by Crippen LogP contribution is 2.14. The predicted octanol–water partition coefficient (Wildman–Crippen LogP) is 2.15. The lowest BCUT2D eigenvalue weighted by Crippen LogP contribution is -2.37. The molecule has 7 nitrogen and oxygen atoms in total. The van der Waals surface area contributed by atoms with Crippen molar-refractivity contribution in [1.29, 1.82) is 0 Å². The number of hydrogen-bond donors (Lipinski definition) is 3. The molecular weight excluding hydrogens is 318 g/mol. The molecule has 3 N–H and O–H groups in total. The van der Waals surface area contributed by atoms with E-state index in [4.69, 9.17) is 0 Å². The van der Waals surface area contributed by atoms with Crippen molar-refractivity contribution in [2.45, 2.75) is 33.2 Å². The molecule has 25 heavy (non-hydrogen) atoms. The molecule has 1 atom stereocenters. The Kier molecular flexibility index (Phi) is 5.80. The summed E-state index contributed by atoms with van der Waals surface area (Å²) in [6.45, 7) is 5.94. The largest absolute Gasteiger partial charge is 0.355 e. The minimum Gasteiger partial charge on any atom is -0.355 e. The molecule has 0 fully saturated rings. The van der Waals surface area contributed by atoms with Gasteiger partial charge in [0.25, 0.3) is 5.91 Å². The first-order chi connectivity index (χ1) is 11.8. The second-order valence-electron chi connectivity index (χ2n) is 6.14. The molecule has 0 unspecified atom stereocenters. The van der Waals surface area contributed by atoms with Crippen LogP contribution in [0.2, 0.25) is 0 Å². The van der Waals surface area contributed by atoms with Crippen molar-refractivity contribution < 1.29 is 9.59 Å². The number of urea groups is 1. The van der Waals surface area contributed by atoms with E-state index in [9.17, 15) is 9.59 Å². The Morgan fingerprint density at radius 3 is 2.60 bits per heavy atom. The van der Waals surface area contributed by atoms with Crippen LogP contribution in [-0.4, -0.2) is 34.8 Å². The molecule has 0 aliphatic heterocycles. The Morgan fingerprint density at radius 2 is 2.00 bits per heavy atom. The van der Waals surface area contributed by atoms with Crippen molar-refractivity contribution in [3.8, 4) is 0 Å². The molecule has 0 saturated heterocycles. The summed E-state index contributed by atoms with van der Waals surface area (Å²) in [6.07, 6.45) is 0.706. The molecule has 1 aromatic carbocycles. The van der Waals surface area contributed by atoms with Crippen molar-refractivity contribution in [2.24, 2.45) is 7.05 Å². The van der Waals surface area contributed by atoms with Crippen molar-refractivity contribution in [1.82, 2.24) is 20.4 Å². The van der Waals surface area contributed by atoms with Crippen molar-refractivity contribution in [2.75, 3.05) is 12.4 Å². The lowest BCUT2D eigenvalue weighted by molar-refractivity contribution is 0.0963. The summed E-state index contributed by atoms with van der Waals surface area (Å²) in [6, 6.07) is 6.44. The molecule has 3 amide bonds. The monoisotopic (exact) mass is 343 g/mol. The van der Waals surface area contributed by atoms with Gasteiger partial charge in [-0.25, -0.2) is 4.79 Å². The van der Waals surface area contributed by atoms with E-state index in [1.165, 1.54) is 0 Å². The summed E-state index contributed by atoms with van der Waals surface area (Å²) in [5.41, 5.74) is 4.29. The number of aryl methyl sites for hydroxylation is 2. The smallest absolute Gasteiger partial charge is 0.319 e. The van der Waals surface area contributed by atoms with E-state index >= 15 is 0 Å². The zero-order valence-electron chi connectivity index (χ0n) is 15.3. The van der Waals surface area contributed by atoms with Crippen LogP contribution >= 0.6 is 0 Å². The van der Waals surface area contributed by atoms with Gasteiger partial charge in [0, 0.05) is 37.1 Å². The van der Waals surface area contributed by atoms with Gasteiger partial charge < -0.3 is 16.0 Å². The summed E-state index contributed by atoms with van der Waals surface area (Å²) < 4.78 is 1.85. The van der Waals surface area contributed by atoms with E-state index in [2.05, 4.69) is 21.0 Å². The third-order valence-electron chi connectivity index (χ3n) is 4.16. The number of nitrogens with one attached hydrogen (secondary N) is 3. The average molecular weight is 343 g/mol. The van der Waals surface area contributed by atoms with Crippen LogP contribution in [0.25, 0.3) is 0 Å². The molecule has 1 heterocycles. The maximum atomic E-state index is 12.2. The third kappa shape index (κ3) is 4.59. The predicted molar refractivity (Wildman–Crippen MR) is 97.8 cm³/mol. The highest BCUT2D eigenvalue weighted by molar-refractivity contribution is 5.96. The van der Waals surface area contributed by atoms with Crippen LogP contribution in [0.1, 0.15) is 34.2 Å². The second-order valence-corrected chi connectivity index (χ2v) is 6.14. The molecular formula is C18H25N5O2. The molecule has 0 bridgehead atoms. The summed E-state index contributed by atoms with van der Waals surface area (Å²) in [5, 5.41) is 12.6. The molecule has 0 aliphatic rings. The number of benzene rings is 1. The fourth-order valence-corrected chi connectivity index (χ4v) is 2.74. The van der Waals surface area contributed by atoms with Crippen LogP contribution in [0.5, 0.6) is 0 Å². The van der Waals surface area contributed by atoms with E-state index in [-0.39, 0.29) is 18.0 Å². The van der Waals surface area contributed by atoms with Gasteiger partial charge in [-0.3, -0.25) is 9.48 Å². The summed E-state index contributed by atoms with van der Waals surface area (Å²) >= 11 is 0. The van der Waals surface area contributed by atoms with Gasteiger partial charge in [0.15, 0.2) is 0 Å². The normalized spacial score (nSPS) is 11.7. The summed E-state index contributed by atoms with van der Waals surface area (Å²) in [4.78, 5) is 23.8. The van der Waals surface area contributed by atoms with Crippen molar-refractivity contribution >= 4 is 17.6 Å². The first-order valence-electron chi connectivity index (χ1n) is 8.20. The molecule has 2 rings (SSSR count). The van der Waals surface area contributed by atoms with Gasteiger partial charge in [-0.1, -0.05) is 6.07 Å².